The van der Waals surface area contributed by atoms with E-state index in [1.807, 2.05) is 54.6 Å². The van der Waals surface area contributed by atoms with E-state index in [4.69, 9.17) is 21.4 Å². The van der Waals surface area contributed by atoms with Crippen molar-refractivity contribution >= 4 is 33.2 Å². The number of hydrogen-bond donors (Lipinski definition) is 0. The molecule has 3 aromatic rings. The first-order valence-corrected chi connectivity index (χ1v) is 9.99. The predicted octanol–water partition coefficient (Wildman–Crippen LogP) is 6.34. The van der Waals surface area contributed by atoms with Crippen LogP contribution in [0.25, 0.3) is 0 Å². The van der Waals surface area contributed by atoms with Crippen LogP contribution in [0.2, 0.25) is 5.02 Å². The van der Waals surface area contributed by atoms with Crippen LogP contribution in [-0.4, -0.2) is 10.7 Å². The number of hydrazone groups is 1. The minimum absolute atomic E-state index is 0.114. The molecule has 0 saturated carbocycles. The molecule has 0 unspecified atom stereocenters. The topological polar surface area (TPSA) is 24.8 Å². The van der Waals surface area contributed by atoms with E-state index in [1.165, 1.54) is 0 Å². The normalized spacial score (nSPS) is 20.5. The van der Waals surface area contributed by atoms with Gasteiger partial charge in [-0.25, -0.2) is 5.01 Å². The lowest BCUT2D eigenvalue weighted by Gasteiger charge is -2.38. The van der Waals surface area contributed by atoms with Gasteiger partial charge in [-0.3, -0.25) is 0 Å². The summed E-state index contributed by atoms with van der Waals surface area (Å²) in [5.74, 6) is 0.883. The number of ether oxygens (including phenoxy) is 1. The van der Waals surface area contributed by atoms with E-state index in [0.29, 0.717) is 5.02 Å². The Morgan fingerprint density at radius 1 is 0.963 bits per heavy atom. The summed E-state index contributed by atoms with van der Waals surface area (Å²) in [7, 11) is 0. The van der Waals surface area contributed by atoms with Crippen LogP contribution >= 0.6 is 27.5 Å². The highest BCUT2D eigenvalue weighted by molar-refractivity contribution is 9.10. The van der Waals surface area contributed by atoms with Crippen molar-refractivity contribution in [3.05, 3.63) is 99.0 Å². The van der Waals surface area contributed by atoms with Crippen LogP contribution < -0.4 is 4.74 Å². The van der Waals surface area contributed by atoms with Gasteiger partial charge in [0, 0.05) is 27.0 Å². The quantitative estimate of drug-likeness (QED) is 0.465. The van der Waals surface area contributed by atoms with Crippen LogP contribution in [0.15, 0.2) is 82.4 Å². The minimum atomic E-state index is -0.349. The van der Waals surface area contributed by atoms with Crippen LogP contribution in [0.4, 0.5) is 0 Å². The number of fused-ring (bicyclic) bond motifs is 3. The molecule has 5 rings (SSSR count). The van der Waals surface area contributed by atoms with Crippen molar-refractivity contribution in [1.29, 1.82) is 0 Å². The van der Waals surface area contributed by atoms with Gasteiger partial charge in [0.25, 0.3) is 0 Å². The Kier molecular flexibility index (Phi) is 4.18. The van der Waals surface area contributed by atoms with Crippen LogP contribution in [0.5, 0.6) is 5.75 Å². The van der Waals surface area contributed by atoms with E-state index in [1.54, 1.807) is 0 Å². The molecule has 0 aromatic heterocycles. The molecule has 0 amide bonds. The fraction of sp³-hybridized carbons (Fsp3) is 0.136. The molecule has 27 heavy (non-hydrogen) atoms. The fourth-order valence-corrected chi connectivity index (χ4v) is 4.35. The lowest BCUT2D eigenvalue weighted by atomic mass is 9.96. The summed E-state index contributed by atoms with van der Waals surface area (Å²) in [5.41, 5.74) is 4.27. The van der Waals surface area contributed by atoms with Crippen LogP contribution in [-0.2, 0) is 0 Å². The van der Waals surface area contributed by atoms with Gasteiger partial charge in [-0.15, -0.1) is 0 Å². The zero-order valence-corrected chi connectivity index (χ0v) is 16.7. The summed E-state index contributed by atoms with van der Waals surface area (Å²) in [4.78, 5) is 0. The summed E-state index contributed by atoms with van der Waals surface area (Å²) in [6.45, 7) is 0. The van der Waals surface area contributed by atoms with Crippen LogP contribution in [0.1, 0.15) is 35.4 Å². The molecule has 2 aliphatic heterocycles. The van der Waals surface area contributed by atoms with Crippen molar-refractivity contribution in [2.24, 2.45) is 5.10 Å². The summed E-state index contributed by atoms with van der Waals surface area (Å²) in [6.07, 6.45) is 0.483. The Morgan fingerprint density at radius 3 is 2.56 bits per heavy atom. The summed E-state index contributed by atoms with van der Waals surface area (Å²) in [5, 5.41) is 7.70. The highest BCUT2D eigenvalue weighted by Crippen LogP contribution is 2.49. The SMILES string of the molecule is Clc1ccccc1[C@@H]1Oc2ccc(Br)cc2[C@@H]2CC(c3ccccc3)=NN21. The van der Waals surface area contributed by atoms with Gasteiger partial charge in [0.1, 0.15) is 5.75 Å². The maximum Gasteiger partial charge on any atom is 0.215 e. The monoisotopic (exact) mass is 438 g/mol. The highest BCUT2D eigenvalue weighted by Gasteiger charge is 2.41. The second-order valence-electron chi connectivity index (χ2n) is 6.69. The van der Waals surface area contributed by atoms with E-state index in [2.05, 4.69) is 39.1 Å². The lowest BCUT2D eigenvalue weighted by Crippen LogP contribution is -2.33. The largest absolute Gasteiger partial charge is 0.464 e. The average molecular weight is 440 g/mol. The number of benzene rings is 3. The van der Waals surface area contributed by atoms with E-state index >= 15 is 0 Å². The Bertz CT molecular complexity index is 1040. The first-order chi connectivity index (χ1) is 13.2. The molecule has 0 aliphatic carbocycles. The molecule has 0 fully saturated rings. The third-order valence-corrected chi connectivity index (χ3v) is 5.87. The molecule has 2 heterocycles. The van der Waals surface area contributed by atoms with E-state index in [9.17, 15) is 0 Å². The molecule has 5 heteroatoms. The molecule has 0 saturated heterocycles. The summed E-state index contributed by atoms with van der Waals surface area (Å²) < 4.78 is 7.40. The van der Waals surface area contributed by atoms with Crippen molar-refractivity contribution in [3.8, 4) is 5.75 Å². The van der Waals surface area contributed by atoms with Crippen molar-refractivity contribution in [3.63, 3.8) is 0 Å². The summed E-state index contributed by atoms with van der Waals surface area (Å²) in [6, 6.07) is 24.4. The Labute approximate surface area is 171 Å². The Hall–Kier alpha value is -2.30. The third kappa shape index (κ3) is 2.93. The smallest absolute Gasteiger partial charge is 0.215 e. The zero-order chi connectivity index (χ0) is 18.4. The van der Waals surface area contributed by atoms with Gasteiger partial charge in [-0.05, 0) is 29.8 Å². The molecular weight excluding hydrogens is 424 g/mol. The van der Waals surface area contributed by atoms with E-state index in [-0.39, 0.29) is 12.3 Å². The van der Waals surface area contributed by atoms with Gasteiger partial charge in [-0.2, -0.15) is 5.10 Å². The second-order valence-corrected chi connectivity index (χ2v) is 8.01. The standard InChI is InChI=1S/C22H16BrClN2O/c23-15-10-11-21-17(12-15)20-13-19(14-6-2-1-3-7-14)25-26(20)22(27-21)16-8-4-5-9-18(16)24/h1-12,20,22H,13H2/t20-,22-/m0/s1. The fourth-order valence-electron chi connectivity index (χ4n) is 3.74. The maximum absolute atomic E-state index is 6.49. The van der Waals surface area contributed by atoms with Crippen LogP contribution in [0.3, 0.4) is 0 Å². The first kappa shape index (κ1) is 16.8. The predicted molar refractivity (Wildman–Crippen MR) is 111 cm³/mol. The molecule has 2 aliphatic rings. The van der Waals surface area contributed by atoms with Gasteiger partial charge in [0.2, 0.25) is 6.23 Å². The molecule has 0 spiro atoms. The van der Waals surface area contributed by atoms with Gasteiger partial charge in [0.05, 0.1) is 11.8 Å². The molecule has 3 nitrogen and oxygen atoms in total. The van der Waals surface area contributed by atoms with Crippen LogP contribution in [0, 0.1) is 0 Å². The molecule has 2 atom stereocenters. The second kappa shape index (κ2) is 6.70. The van der Waals surface area contributed by atoms with Crippen molar-refractivity contribution in [2.45, 2.75) is 18.7 Å². The van der Waals surface area contributed by atoms with E-state index in [0.717, 1.165) is 39.0 Å². The van der Waals surface area contributed by atoms with Gasteiger partial charge < -0.3 is 4.74 Å². The Morgan fingerprint density at radius 2 is 1.74 bits per heavy atom. The highest BCUT2D eigenvalue weighted by atomic mass is 79.9. The Balaban J connectivity index is 1.64. The van der Waals surface area contributed by atoms with Gasteiger partial charge in [-0.1, -0.05) is 76.1 Å². The van der Waals surface area contributed by atoms with Crippen molar-refractivity contribution in [2.75, 3.05) is 0 Å². The van der Waals surface area contributed by atoms with Gasteiger partial charge >= 0.3 is 0 Å². The molecule has 134 valence electrons. The number of nitrogens with zero attached hydrogens (tertiary/aromatic N) is 2. The molecular formula is C22H16BrClN2O. The molecule has 3 aromatic carbocycles. The summed E-state index contributed by atoms with van der Waals surface area (Å²) >= 11 is 10.1. The minimum Gasteiger partial charge on any atom is -0.464 e. The first-order valence-electron chi connectivity index (χ1n) is 8.82. The molecule has 0 N–H and O–H groups in total. The zero-order valence-electron chi connectivity index (χ0n) is 14.3. The molecule has 0 radical (unpaired) electrons. The average Bonchev–Trinajstić information content (AvgIpc) is 3.15. The molecule has 0 bridgehead atoms. The number of hydrogen-bond acceptors (Lipinski definition) is 3. The maximum atomic E-state index is 6.49. The lowest BCUT2D eigenvalue weighted by molar-refractivity contribution is -0.0190. The number of rotatable bonds is 2. The third-order valence-electron chi connectivity index (χ3n) is 5.03. The van der Waals surface area contributed by atoms with Gasteiger partial charge in [0.15, 0.2) is 0 Å². The number of halogens is 2. The van der Waals surface area contributed by atoms with Crippen molar-refractivity contribution < 1.29 is 4.74 Å². The van der Waals surface area contributed by atoms with E-state index < -0.39 is 0 Å². The van der Waals surface area contributed by atoms with Crippen molar-refractivity contribution in [1.82, 2.24) is 5.01 Å².